The van der Waals surface area contributed by atoms with Gasteiger partial charge >= 0.3 is 0 Å². The third-order valence-corrected chi connectivity index (χ3v) is 4.78. The van der Waals surface area contributed by atoms with E-state index in [4.69, 9.17) is 4.74 Å². The van der Waals surface area contributed by atoms with Crippen molar-refractivity contribution in [2.24, 2.45) is 0 Å². The molecule has 4 N–H and O–H groups in total. The van der Waals surface area contributed by atoms with Crippen LogP contribution >= 0.6 is 11.8 Å². The van der Waals surface area contributed by atoms with Gasteiger partial charge in [0, 0.05) is 0 Å². The van der Waals surface area contributed by atoms with Crippen LogP contribution in [0.3, 0.4) is 0 Å². The topological polar surface area (TPSA) is 90.2 Å². The Morgan fingerprint density at radius 1 is 1.15 bits per heavy atom. The highest BCUT2D eigenvalue weighted by atomic mass is 32.2. The molecular weight excluding hydrogens is 280 g/mol. The lowest BCUT2D eigenvalue weighted by molar-refractivity contribution is -0.246. The minimum atomic E-state index is -1.37. The lowest BCUT2D eigenvalue weighted by Gasteiger charge is -2.48. The van der Waals surface area contributed by atoms with E-state index in [0.717, 1.165) is 0 Å². The van der Waals surface area contributed by atoms with Gasteiger partial charge in [-0.05, 0) is 11.3 Å². The van der Waals surface area contributed by atoms with Gasteiger partial charge in [0.25, 0.3) is 0 Å². The van der Waals surface area contributed by atoms with Gasteiger partial charge in [0.05, 0.1) is 6.61 Å². The average molecular weight is 300 g/mol. The van der Waals surface area contributed by atoms with Crippen LogP contribution in [0.15, 0.2) is 30.3 Å². The largest absolute Gasteiger partial charge is 0.394 e. The Morgan fingerprint density at radius 2 is 1.80 bits per heavy atom. The van der Waals surface area contributed by atoms with Gasteiger partial charge in [0.2, 0.25) is 0 Å². The van der Waals surface area contributed by atoms with E-state index < -0.39 is 36.0 Å². The highest BCUT2D eigenvalue weighted by Gasteiger charge is 2.54. The number of aliphatic hydroxyl groups is 4. The maximum absolute atomic E-state index is 10.4. The van der Waals surface area contributed by atoms with Crippen molar-refractivity contribution >= 4 is 11.8 Å². The molecule has 1 aromatic rings. The third-order valence-electron chi connectivity index (χ3n) is 3.49. The first-order valence-electron chi connectivity index (χ1n) is 6.59. The number of benzene rings is 1. The van der Waals surface area contributed by atoms with Crippen molar-refractivity contribution in [3.8, 4) is 0 Å². The summed E-state index contributed by atoms with van der Waals surface area (Å²) in [6.07, 6.45) is -4.91. The van der Waals surface area contributed by atoms with E-state index in [1.807, 2.05) is 25.1 Å². The molecule has 5 atom stereocenters. The fraction of sp³-hybridized carbons (Fsp3) is 0.571. The molecule has 0 aliphatic carbocycles. The van der Waals surface area contributed by atoms with Crippen molar-refractivity contribution in [2.45, 2.75) is 36.3 Å². The van der Waals surface area contributed by atoms with Crippen molar-refractivity contribution < 1.29 is 25.2 Å². The Morgan fingerprint density at radius 3 is 2.35 bits per heavy atom. The van der Waals surface area contributed by atoms with Crippen LogP contribution in [0, 0.1) is 0 Å². The van der Waals surface area contributed by atoms with Crippen LogP contribution in [0.25, 0.3) is 0 Å². The predicted molar refractivity (Wildman–Crippen MR) is 76.2 cm³/mol. The second kappa shape index (κ2) is 6.43. The summed E-state index contributed by atoms with van der Waals surface area (Å²) in [5.41, 5.74) is 0.698. The first-order chi connectivity index (χ1) is 9.56. The minimum absolute atomic E-state index is 0.427. The van der Waals surface area contributed by atoms with E-state index >= 15 is 0 Å². The van der Waals surface area contributed by atoms with Crippen molar-refractivity contribution in [1.29, 1.82) is 0 Å². The molecule has 0 radical (unpaired) electrons. The first kappa shape index (κ1) is 15.8. The van der Waals surface area contributed by atoms with Crippen LogP contribution in [-0.4, -0.2) is 57.2 Å². The number of thioether (sulfide) groups is 1. The minimum Gasteiger partial charge on any atom is -0.394 e. The SMILES string of the molecule is CCS[C@]1(c2ccccc2)O[C@H](CO)[C@H](O)[C@H](O)[C@H]1O. The summed E-state index contributed by atoms with van der Waals surface area (Å²) in [5, 5.41) is 39.7. The van der Waals surface area contributed by atoms with Crippen LogP contribution in [0.2, 0.25) is 0 Å². The maximum atomic E-state index is 10.4. The van der Waals surface area contributed by atoms with Gasteiger partial charge < -0.3 is 25.2 Å². The molecule has 0 aromatic heterocycles. The average Bonchev–Trinajstić information content (AvgIpc) is 2.49. The summed E-state index contributed by atoms with van der Waals surface area (Å²) in [7, 11) is 0. The summed E-state index contributed by atoms with van der Waals surface area (Å²) < 4.78 is 5.80. The molecule has 112 valence electrons. The van der Waals surface area contributed by atoms with Crippen LogP contribution in [-0.2, 0) is 9.67 Å². The van der Waals surface area contributed by atoms with Gasteiger partial charge in [-0.1, -0.05) is 37.3 Å². The summed E-state index contributed by atoms with van der Waals surface area (Å²) in [6, 6.07) is 9.07. The molecule has 1 heterocycles. The lowest BCUT2D eigenvalue weighted by Crippen LogP contribution is -2.62. The molecule has 2 rings (SSSR count). The van der Waals surface area contributed by atoms with Crippen molar-refractivity contribution in [3.63, 3.8) is 0 Å². The lowest BCUT2D eigenvalue weighted by atomic mass is 9.90. The van der Waals surface area contributed by atoms with Crippen molar-refractivity contribution in [1.82, 2.24) is 0 Å². The highest BCUT2D eigenvalue weighted by Crippen LogP contribution is 2.46. The van der Waals surface area contributed by atoms with Gasteiger partial charge in [-0.2, -0.15) is 0 Å². The standard InChI is InChI=1S/C14H20O5S/c1-2-20-14(9-6-4-3-5-7-9)13(18)12(17)11(16)10(8-15)19-14/h3-7,10-13,15-18H,2,8H2,1H3/t10-,11+,12+,13-,14+/m1/s1. The van der Waals surface area contributed by atoms with E-state index in [1.165, 1.54) is 11.8 Å². The quantitative estimate of drug-likeness (QED) is 0.629. The van der Waals surface area contributed by atoms with Crippen LogP contribution in [0.5, 0.6) is 0 Å². The fourth-order valence-electron chi connectivity index (χ4n) is 2.47. The number of ether oxygens (including phenoxy) is 1. The summed E-state index contributed by atoms with van der Waals surface area (Å²) in [6.45, 7) is 1.49. The molecule has 1 aliphatic heterocycles. The smallest absolute Gasteiger partial charge is 0.168 e. The Kier molecular flexibility index (Phi) is 5.06. The molecule has 5 nitrogen and oxygen atoms in total. The second-order valence-electron chi connectivity index (χ2n) is 4.73. The van der Waals surface area contributed by atoms with E-state index in [9.17, 15) is 20.4 Å². The van der Waals surface area contributed by atoms with E-state index in [-0.39, 0.29) is 0 Å². The molecule has 1 saturated heterocycles. The molecule has 1 aliphatic rings. The van der Waals surface area contributed by atoms with Crippen molar-refractivity contribution in [2.75, 3.05) is 12.4 Å². The monoisotopic (exact) mass is 300 g/mol. The Balaban J connectivity index is 2.45. The molecule has 6 heteroatoms. The number of hydrogen-bond donors (Lipinski definition) is 4. The highest BCUT2D eigenvalue weighted by molar-refractivity contribution is 8.00. The molecule has 0 saturated carbocycles. The van der Waals surface area contributed by atoms with Gasteiger partial charge in [-0.3, -0.25) is 0 Å². The molecule has 0 amide bonds. The molecule has 0 spiro atoms. The van der Waals surface area contributed by atoms with Crippen molar-refractivity contribution in [3.05, 3.63) is 35.9 Å². The molecule has 1 fully saturated rings. The number of hydrogen-bond acceptors (Lipinski definition) is 6. The summed E-state index contributed by atoms with van der Waals surface area (Å²) >= 11 is 1.33. The van der Waals surface area contributed by atoms with E-state index in [1.54, 1.807) is 12.1 Å². The number of aliphatic hydroxyl groups excluding tert-OH is 4. The Hall–Kier alpha value is -0.630. The molecule has 0 unspecified atom stereocenters. The van der Waals surface area contributed by atoms with Crippen LogP contribution in [0.1, 0.15) is 12.5 Å². The molecule has 20 heavy (non-hydrogen) atoms. The number of rotatable bonds is 4. The van der Waals surface area contributed by atoms with E-state index in [0.29, 0.717) is 11.3 Å². The van der Waals surface area contributed by atoms with Gasteiger partial charge in [0.15, 0.2) is 4.93 Å². The summed E-state index contributed by atoms with van der Waals surface area (Å²) in [4.78, 5) is -1.19. The Labute approximate surface area is 122 Å². The zero-order valence-electron chi connectivity index (χ0n) is 11.2. The molecule has 1 aromatic carbocycles. The maximum Gasteiger partial charge on any atom is 0.168 e. The summed E-state index contributed by atoms with van der Waals surface area (Å²) in [5.74, 6) is 0.646. The zero-order valence-corrected chi connectivity index (χ0v) is 12.0. The predicted octanol–water partition coefficient (Wildman–Crippen LogP) is 0.0663. The third kappa shape index (κ3) is 2.59. The molecule has 0 bridgehead atoms. The zero-order chi connectivity index (χ0) is 14.8. The van der Waals surface area contributed by atoms with Gasteiger partial charge in [-0.15, -0.1) is 11.8 Å². The molecular formula is C14H20O5S. The van der Waals surface area contributed by atoms with Gasteiger partial charge in [-0.25, -0.2) is 0 Å². The van der Waals surface area contributed by atoms with Crippen LogP contribution in [0.4, 0.5) is 0 Å². The normalized spacial score (nSPS) is 37.9. The second-order valence-corrected chi connectivity index (χ2v) is 6.20. The van der Waals surface area contributed by atoms with E-state index in [2.05, 4.69) is 0 Å². The Bertz CT molecular complexity index is 427. The fourth-order valence-corrected chi connectivity index (χ4v) is 3.70. The van der Waals surface area contributed by atoms with Crippen LogP contribution < -0.4 is 0 Å². The first-order valence-corrected chi connectivity index (χ1v) is 7.57. The van der Waals surface area contributed by atoms with Gasteiger partial charge in [0.1, 0.15) is 24.4 Å².